The van der Waals surface area contributed by atoms with Crippen LogP contribution in [-0.2, 0) is 11.2 Å². The maximum Gasteiger partial charge on any atom is 0.141 e. The summed E-state index contributed by atoms with van der Waals surface area (Å²) in [6, 6.07) is 7.55. The lowest BCUT2D eigenvalue weighted by atomic mass is 9.86. The maximum atomic E-state index is 12.1. The van der Waals surface area contributed by atoms with Gasteiger partial charge in [-0.15, -0.1) is 0 Å². The van der Waals surface area contributed by atoms with E-state index in [1.54, 1.807) is 14.0 Å². The van der Waals surface area contributed by atoms with Gasteiger partial charge >= 0.3 is 0 Å². The highest BCUT2D eigenvalue weighted by molar-refractivity contribution is 5.87. The van der Waals surface area contributed by atoms with E-state index in [1.165, 1.54) is 0 Å². The number of aromatic nitrogens is 1. The third-order valence-electron chi connectivity index (χ3n) is 3.46. The molecule has 0 radical (unpaired) electrons. The van der Waals surface area contributed by atoms with Crippen molar-refractivity contribution >= 4 is 5.78 Å². The first-order chi connectivity index (χ1) is 9.58. The summed E-state index contributed by atoms with van der Waals surface area (Å²) in [6.07, 6.45) is 0.743. The van der Waals surface area contributed by atoms with Crippen molar-refractivity contribution in [2.75, 3.05) is 7.11 Å². The van der Waals surface area contributed by atoms with E-state index >= 15 is 0 Å². The van der Waals surface area contributed by atoms with E-state index < -0.39 is 0 Å². The molecule has 106 valence electrons. The minimum absolute atomic E-state index is 0.0798. The number of methoxy groups -OCH3 is 1. The Hall–Kier alpha value is -2.10. The van der Waals surface area contributed by atoms with Crippen LogP contribution in [0.1, 0.15) is 42.3 Å². The van der Waals surface area contributed by atoms with Gasteiger partial charge in [0, 0.05) is 5.56 Å². The molecule has 1 heterocycles. The van der Waals surface area contributed by atoms with Crippen LogP contribution >= 0.6 is 0 Å². The first-order valence-electron chi connectivity index (χ1n) is 6.67. The number of benzene rings is 1. The van der Waals surface area contributed by atoms with E-state index in [0.717, 1.165) is 29.0 Å². The minimum atomic E-state index is -0.331. The Morgan fingerprint density at radius 3 is 2.50 bits per heavy atom. The molecule has 2 rings (SSSR count). The van der Waals surface area contributed by atoms with Crippen LogP contribution in [0.2, 0.25) is 0 Å². The molecule has 0 aliphatic rings. The van der Waals surface area contributed by atoms with E-state index in [2.05, 4.69) is 5.16 Å². The molecule has 4 nitrogen and oxygen atoms in total. The minimum Gasteiger partial charge on any atom is -0.497 e. The summed E-state index contributed by atoms with van der Waals surface area (Å²) in [7, 11) is 1.62. The van der Waals surface area contributed by atoms with Crippen LogP contribution < -0.4 is 4.74 Å². The Labute approximate surface area is 118 Å². The van der Waals surface area contributed by atoms with Gasteiger partial charge in [0.05, 0.1) is 18.7 Å². The molecule has 1 aromatic heterocycles. The van der Waals surface area contributed by atoms with Gasteiger partial charge in [-0.2, -0.15) is 0 Å². The highest BCUT2D eigenvalue weighted by Gasteiger charge is 2.26. The summed E-state index contributed by atoms with van der Waals surface area (Å²) in [5.74, 6) is 1.23. The van der Waals surface area contributed by atoms with Crippen molar-refractivity contribution in [3.63, 3.8) is 0 Å². The molecule has 1 aromatic carbocycles. The van der Waals surface area contributed by atoms with E-state index in [-0.39, 0.29) is 11.7 Å². The first kappa shape index (κ1) is 14.3. The van der Waals surface area contributed by atoms with Crippen LogP contribution in [0.25, 0.3) is 0 Å². The summed E-state index contributed by atoms with van der Waals surface area (Å²) in [5, 5.41) is 4.04. The summed E-state index contributed by atoms with van der Waals surface area (Å²) in [6.45, 7) is 5.45. The summed E-state index contributed by atoms with van der Waals surface area (Å²) >= 11 is 0. The average molecular weight is 273 g/mol. The fourth-order valence-electron chi connectivity index (χ4n) is 2.45. The predicted molar refractivity (Wildman–Crippen MR) is 76.1 cm³/mol. The van der Waals surface area contributed by atoms with Crippen molar-refractivity contribution in [2.45, 2.75) is 33.1 Å². The molecule has 0 saturated carbocycles. The fraction of sp³-hybridized carbons (Fsp3) is 0.375. The quantitative estimate of drug-likeness (QED) is 0.839. The van der Waals surface area contributed by atoms with Gasteiger partial charge in [0.1, 0.15) is 17.3 Å². The number of hydrogen-bond acceptors (Lipinski definition) is 4. The molecule has 1 atom stereocenters. The smallest absolute Gasteiger partial charge is 0.141 e. The summed E-state index contributed by atoms with van der Waals surface area (Å²) in [5.41, 5.74) is 2.67. The maximum absolute atomic E-state index is 12.1. The van der Waals surface area contributed by atoms with Crippen LogP contribution in [0.15, 0.2) is 28.8 Å². The fourth-order valence-corrected chi connectivity index (χ4v) is 2.45. The number of carbonyl (C=O) groups excluding carboxylic acids is 1. The molecule has 20 heavy (non-hydrogen) atoms. The molecule has 2 aromatic rings. The van der Waals surface area contributed by atoms with Crippen LogP contribution in [0.5, 0.6) is 5.75 Å². The zero-order valence-electron chi connectivity index (χ0n) is 12.3. The number of carbonyl (C=O) groups is 1. The number of ketones is 1. The van der Waals surface area contributed by atoms with Gasteiger partial charge in [-0.05, 0) is 38.0 Å². The van der Waals surface area contributed by atoms with Crippen LogP contribution in [0.4, 0.5) is 0 Å². The highest BCUT2D eigenvalue weighted by Crippen LogP contribution is 2.32. The Morgan fingerprint density at radius 2 is 2.00 bits per heavy atom. The SMILES string of the molecule is CCc1noc(C)c1C(C(C)=O)c1ccc(OC)cc1. The molecule has 0 aliphatic heterocycles. The van der Waals surface area contributed by atoms with E-state index in [1.807, 2.05) is 38.1 Å². The van der Waals surface area contributed by atoms with Gasteiger partial charge in [0.2, 0.25) is 0 Å². The molecule has 1 unspecified atom stereocenters. The molecule has 0 amide bonds. The van der Waals surface area contributed by atoms with Gasteiger partial charge in [0.15, 0.2) is 0 Å². The van der Waals surface area contributed by atoms with Gasteiger partial charge in [-0.1, -0.05) is 24.2 Å². The van der Waals surface area contributed by atoms with E-state index in [0.29, 0.717) is 5.76 Å². The Bertz CT molecular complexity index is 599. The second-order valence-corrected chi connectivity index (χ2v) is 4.77. The van der Waals surface area contributed by atoms with Crippen molar-refractivity contribution in [1.29, 1.82) is 0 Å². The number of hydrogen-bond donors (Lipinski definition) is 0. The second kappa shape index (κ2) is 5.90. The average Bonchev–Trinajstić information content (AvgIpc) is 2.81. The molecule has 0 spiro atoms. The van der Waals surface area contributed by atoms with E-state index in [4.69, 9.17) is 9.26 Å². The monoisotopic (exact) mass is 273 g/mol. The number of aryl methyl sites for hydroxylation is 2. The standard InChI is InChI=1S/C16H19NO3/c1-5-14-16(11(3)20-17-14)15(10(2)18)12-6-8-13(19-4)9-7-12/h6-9,15H,5H2,1-4H3. The lowest BCUT2D eigenvalue weighted by molar-refractivity contribution is -0.117. The third-order valence-corrected chi connectivity index (χ3v) is 3.46. The normalized spacial score (nSPS) is 12.2. The second-order valence-electron chi connectivity index (χ2n) is 4.77. The topological polar surface area (TPSA) is 52.3 Å². The van der Waals surface area contributed by atoms with Crippen LogP contribution in [0.3, 0.4) is 0 Å². The number of rotatable bonds is 5. The Morgan fingerprint density at radius 1 is 1.35 bits per heavy atom. The lowest BCUT2D eigenvalue weighted by Gasteiger charge is -2.15. The lowest BCUT2D eigenvalue weighted by Crippen LogP contribution is -2.13. The summed E-state index contributed by atoms with van der Waals surface area (Å²) in [4.78, 5) is 12.1. The predicted octanol–water partition coefficient (Wildman–Crippen LogP) is 3.27. The van der Waals surface area contributed by atoms with Crippen molar-refractivity contribution in [3.05, 3.63) is 46.8 Å². The van der Waals surface area contributed by atoms with Gasteiger partial charge in [-0.25, -0.2) is 0 Å². The van der Waals surface area contributed by atoms with Crippen molar-refractivity contribution in [3.8, 4) is 5.75 Å². The molecular formula is C16H19NO3. The molecular weight excluding hydrogens is 254 g/mol. The van der Waals surface area contributed by atoms with Crippen molar-refractivity contribution < 1.29 is 14.1 Å². The molecule has 0 fully saturated rings. The van der Waals surface area contributed by atoms with Gasteiger partial charge in [0.25, 0.3) is 0 Å². The molecule has 0 N–H and O–H groups in total. The van der Waals surface area contributed by atoms with Gasteiger partial charge in [-0.3, -0.25) is 4.79 Å². The third kappa shape index (κ3) is 2.59. The first-order valence-corrected chi connectivity index (χ1v) is 6.67. The zero-order valence-corrected chi connectivity index (χ0v) is 12.3. The van der Waals surface area contributed by atoms with Crippen molar-refractivity contribution in [1.82, 2.24) is 5.16 Å². The van der Waals surface area contributed by atoms with Crippen LogP contribution in [-0.4, -0.2) is 18.0 Å². The molecule has 0 aliphatic carbocycles. The molecule has 4 heteroatoms. The number of nitrogens with zero attached hydrogens (tertiary/aromatic N) is 1. The highest BCUT2D eigenvalue weighted by atomic mass is 16.5. The zero-order chi connectivity index (χ0) is 14.7. The summed E-state index contributed by atoms with van der Waals surface area (Å²) < 4.78 is 10.4. The van der Waals surface area contributed by atoms with Crippen LogP contribution in [0, 0.1) is 6.92 Å². The number of Topliss-reactive ketones (excluding diaryl/α,β-unsaturated/α-hetero) is 1. The molecule has 0 bridgehead atoms. The Kier molecular flexibility index (Phi) is 4.23. The number of ether oxygens (including phenoxy) is 1. The van der Waals surface area contributed by atoms with E-state index in [9.17, 15) is 4.79 Å². The van der Waals surface area contributed by atoms with Gasteiger partial charge < -0.3 is 9.26 Å². The largest absolute Gasteiger partial charge is 0.497 e. The Balaban J connectivity index is 2.50. The molecule has 0 saturated heterocycles. The van der Waals surface area contributed by atoms with Crippen molar-refractivity contribution in [2.24, 2.45) is 0 Å².